The summed E-state index contributed by atoms with van der Waals surface area (Å²) in [5, 5.41) is 0.113. The highest BCUT2D eigenvalue weighted by Crippen LogP contribution is 2.23. The Balaban J connectivity index is 2.78. The van der Waals surface area contributed by atoms with Crippen LogP contribution in [0.5, 0.6) is 0 Å². The minimum atomic E-state index is -3.55. The fourth-order valence-electron chi connectivity index (χ4n) is 2.05. The van der Waals surface area contributed by atoms with Crippen LogP contribution in [0.4, 0.5) is 0 Å². The quantitative estimate of drug-likeness (QED) is 0.933. The zero-order chi connectivity index (χ0) is 14.2. The molecule has 0 saturated heterocycles. The summed E-state index contributed by atoms with van der Waals surface area (Å²) in [5.74, 6) is 0.910. The first-order chi connectivity index (χ1) is 8.86. The predicted octanol–water partition coefficient (Wildman–Crippen LogP) is 2.06. The molecule has 1 N–H and O–H groups in total. The lowest BCUT2D eigenvalue weighted by molar-refractivity contribution is 0.581. The maximum Gasteiger partial charge on any atom is 0.260 e. The van der Waals surface area contributed by atoms with Crippen LogP contribution < -0.4 is 4.72 Å². The van der Waals surface area contributed by atoms with Gasteiger partial charge in [-0.2, -0.15) is 0 Å². The molecule has 104 valence electrons. The minimum Gasteiger partial charge on any atom is -0.302 e. The lowest BCUT2D eigenvalue weighted by Gasteiger charge is -2.04. The van der Waals surface area contributed by atoms with Crippen LogP contribution in [0.3, 0.4) is 0 Å². The van der Waals surface area contributed by atoms with E-state index >= 15 is 0 Å². The summed E-state index contributed by atoms with van der Waals surface area (Å²) in [6.45, 7) is 8.04. The first kappa shape index (κ1) is 14.0. The van der Waals surface area contributed by atoms with Gasteiger partial charge in [0.2, 0.25) is 0 Å². The molecule has 2 heterocycles. The van der Waals surface area contributed by atoms with Crippen molar-refractivity contribution in [3.63, 3.8) is 0 Å². The van der Waals surface area contributed by atoms with E-state index in [0.717, 1.165) is 11.4 Å². The van der Waals surface area contributed by atoms with Gasteiger partial charge in [0.1, 0.15) is 5.82 Å². The Morgan fingerprint density at radius 1 is 1.42 bits per heavy atom. The largest absolute Gasteiger partial charge is 0.302 e. The number of sulfonamides is 1. The molecule has 2 aromatic heterocycles. The molecule has 0 radical (unpaired) electrons. The summed E-state index contributed by atoms with van der Waals surface area (Å²) in [7, 11) is -3.55. The average Bonchev–Trinajstić information content (AvgIpc) is 2.68. The second kappa shape index (κ2) is 4.94. The number of aryl methyl sites for hydroxylation is 1. The Kier molecular flexibility index (Phi) is 3.64. The average molecular weight is 281 g/mol. The van der Waals surface area contributed by atoms with Crippen molar-refractivity contribution in [3.8, 4) is 0 Å². The van der Waals surface area contributed by atoms with Gasteiger partial charge >= 0.3 is 0 Å². The highest BCUT2D eigenvalue weighted by atomic mass is 32.2. The number of aromatic nitrogens is 2. The zero-order valence-corrected chi connectivity index (χ0v) is 12.5. The standard InChI is InChI=1S/C13H19N3O2S/c1-5-14-19(17,18)13-11-8-10(4)6-7-16(11)12(15-13)9(2)3/h6-9,14H,5H2,1-4H3. The van der Waals surface area contributed by atoms with Crippen molar-refractivity contribution < 1.29 is 8.42 Å². The highest BCUT2D eigenvalue weighted by molar-refractivity contribution is 7.89. The van der Waals surface area contributed by atoms with Gasteiger partial charge in [0.25, 0.3) is 10.0 Å². The zero-order valence-electron chi connectivity index (χ0n) is 11.6. The molecule has 0 spiro atoms. The van der Waals surface area contributed by atoms with E-state index in [0.29, 0.717) is 12.1 Å². The second-order valence-corrected chi connectivity index (χ2v) is 6.57. The first-order valence-corrected chi connectivity index (χ1v) is 7.83. The van der Waals surface area contributed by atoms with Crippen molar-refractivity contribution in [1.29, 1.82) is 0 Å². The molecule has 0 bridgehead atoms. The number of fused-ring (bicyclic) bond motifs is 1. The number of nitrogens with one attached hydrogen (secondary N) is 1. The van der Waals surface area contributed by atoms with Crippen LogP contribution in [0.15, 0.2) is 23.4 Å². The van der Waals surface area contributed by atoms with Crippen molar-refractivity contribution in [2.24, 2.45) is 0 Å². The third kappa shape index (κ3) is 2.50. The van der Waals surface area contributed by atoms with Crippen LogP contribution in [-0.4, -0.2) is 24.3 Å². The van der Waals surface area contributed by atoms with E-state index < -0.39 is 10.0 Å². The van der Waals surface area contributed by atoms with Crippen LogP contribution in [0.25, 0.3) is 5.52 Å². The van der Waals surface area contributed by atoms with Gasteiger partial charge in [0.05, 0.1) is 5.52 Å². The molecular weight excluding hydrogens is 262 g/mol. The summed E-state index contributed by atoms with van der Waals surface area (Å²) in [6.07, 6.45) is 1.87. The van der Waals surface area contributed by atoms with Crippen LogP contribution in [0.2, 0.25) is 0 Å². The van der Waals surface area contributed by atoms with E-state index in [1.54, 1.807) is 6.92 Å². The van der Waals surface area contributed by atoms with Gasteiger partial charge in [0.15, 0.2) is 5.03 Å². The van der Waals surface area contributed by atoms with Gasteiger partial charge in [-0.15, -0.1) is 0 Å². The smallest absolute Gasteiger partial charge is 0.260 e. The number of pyridine rings is 1. The number of hydrogen-bond acceptors (Lipinski definition) is 3. The summed E-state index contributed by atoms with van der Waals surface area (Å²) in [4.78, 5) is 4.33. The van der Waals surface area contributed by atoms with Crippen LogP contribution in [0.1, 0.15) is 38.1 Å². The first-order valence-electron chi connectivity index (χ1n) is 6.35. The molecular formula is C13H19N3O2S. The molecule has 2 rings (SSSR count). The molecule has 5 nitrogen and oxygen atoms in total. The molecule has 0 aromatic carbocycles. The third-order valence-corrected chi connectivity index (χ3v) is 4.38. The Morgan fingerprint density at radius 3 is 2.68 bits per heavy atom. The summed E-state index contributed by atoms with van der Waals surface area (Å²) < 4.78 is 28.8. The normalized spacial score (nSPS) is 12.5. The van der Waals surface area contributed by atoms with Gasteiger partial charge in [-0.1, -0.05) is 20.8 Å². The van der Waals surface area contributed by atoms with E-state index in [1.165, 1.54) is 0 Å². The SMILES string of the molecule is CCNS(=O)(=O)c1nc(C(C)C)n2ccc(C)cc12. The Morgan fingerprint density at radius 2 is 2.11 bits per heavy atom. The van der Waals surface area contributed by atoms with Crippen molar-refractivity contribution in [2.75, 3.05) is 6.54 Å². The van der Waals surface area contributed by atoms with Crippen molar-refractivity contribution >= 4 is 15.5 Å². The Labute approximate surface area is 113 Å². The Hall–Kier alpha value is -1.40. The third-order valence-electron chi connectivity index (χ3n) is 2.90. The van der Waals surface area contributed by atoms with Crippen LogP contribution in [0, 0.1) is 6.92 Å². The maximum atomic E-state index is 12.2. The van der Waals surface area contributed by atoms with E-state index in [2.05, 4.69) is 9.71 Å². The lowest BCUT2D eigenvalue weighted by Crippen LogP contribution is -2.23. The van der Waals surface area contributed by atoms with Crippen molar-refractivity contribution in [3.05, 3.63) is 29.7 Å². The topological polar surface area (TPSA) is 63.5 Å². The van der Waals surface area contributed by atoms with Gasteiger partial charge < -0.3 is 4.40 Å². The van der Waals surface area contributed by atoms with Gasteiger partial charge in [-0.3, -0.25) is 0 Å². The number of imidazole rings is 1. The highest BCUT2D eigenvalue weighted by Gasteiger charge is 2.23. The fraction of sp³-hybridized carbons (Fsp3) is 0.462. The van der Waals surface area contributed by atoms with Gasteiger partial charge in [0, 0.05) is 18.7 Å². The van der Waals surface area contributed by atoms with Crippen molar-refractivity contribution in [1.82, 2.24) is 14.1 Å². The van der Waals surface area contributed by atoms with Crippen LogP contribution in [-0.2, 0) is 10.0 Å². The van der Waals surface area contributed by atoms with E-state index in [9.17, 15) is 8.42 Å². The molecule has 2 aromatic rings. The molecule has 19 heavy (non-hydrogen) atoms. The molecule has 0 saturated carbocycles. The predicted molar refractivity (Wildman–Crippen MR) is 74.9 cm³/mol. The summed E-state index contributed by atoms with van der Waals surface area (Å²) >= 11 is 0. The van der Waals surface area contributed by atoms with Gasteiger partial charge in [-0.05, 0) is 24.6 Å². The summed E-state index contributed by atoms with van der Waals surface area (Å²) in [6, 6.07) is 3.80. The number of hydrogen-bond donors (Lipinski definition) is 1. The molecule has 6 heteroatoms. The molecule has 0 aliphatic heterocycles. The molecule has 0 atom stereocenters. The van der Waals surface area contributed by atoms with Crippen LogP contribution >= 0.6 is 0 Å². The van der Waals surface area contributed by atoms with Gasteiger partial charge in [-0.25, -0.2) is 18.1 Å². The van der Waals surface area contributed by atoms with E-state index in [1.807, 2.05) is 43.5 Å². The number of rotatable bonds is 4. The monoisotopic (exact) mass is 281 g/mol. The molecule has 0 amide bonds. The second-order valence-electron chi connectivity index (χ2n) is 4.89. The fourth-order valence-corrected chi connectivity index (χ4v) is 3.21. The number of nitrogens with zero attached hydrogens (tertiary/aromatic N) is 2. The maximum absolute atomic E-state index is 12.2. The lowest BCUT2D eigenvalue weighted by atomic mass is 10.2. The molecule has 0 aliphatic rings. The minimum absolute atomic E-state index is 0.113. The Bertz CT molecular complexity index is 702. The van der Waals surface area contributed by atoms with E-state index in [-0.39, 0.29) is 10.9 Å². The van der Waals surface area contributed by atoms with E-state index in [4.69, 9.17) is 0 Å². The van der Waals surface area contributed by atoms with Crippen molar-refractivity contribution in [2.45, 2.75) is 38.6 Å². The molecule has 0 aliphatic carbocycles. The molecule has 0 unspecified atom stereocenters. The molecule has 0 fully saturated rings. The summed E-state index contributed by atoms with van der Waals surface area (Å²) in [5.41, 5.74) is 1.64.